The molecule has 0 aliphatic rings. The molecule has 1 atom stereocenters. The summed E-state index contributed by atoms with van der Waals surface area (Å²) >= 11 is 4.83. The number of hydrogen-bond donors (Lipinski definition) is 2. The van der Waals surface area contributed by atoms with Crippen molar-refractivity contribution in [3.63, 3.8) is 0 Å². The molecule has 0 aromatic carbocycles. The highest BCUT2D eigenvalue weighted by molar-refractivity contribution is 7.80. The van der Waals surface area contributed by atoms with Crippen molar-refractivity contribution in [2.45, 2.75) is 46.1 Å². The van der Waals surface area contributed by atoms with Crippen LogP contribution in [0.2, 0.25) is 0 Å². The summed E-state index contributed by atoms with van der Waals surface area (Å²) in [7, 11) is 0. The van der Waals surface area contributed by atoms with Crippen molar-refractivity contribution in [3.8, 4) is 0 Å². The smallest absolute Gasteiger partial charge is 0.220 e. The van der Waals surface area contributed by atoms with E-state index >= 15 is 0 Å². The summed E-state index contributed by atoms with van der Waals surface area (Å²) < 4.78 is 0. The minimum atomic E-state index is -0.148. The van der Waals surface area contributed by atoms with E-state index in [1.54, 1.807) is 0 Å². The number of hydrogen-bond acceptors (Lipinski definition) is 2. The molecular formula is C10H20N2OS. The molecule has 0 aliphatic heterocycles. The first-order valence-electron chi connectivity index (χ1n) is 5.06. The van der Waals surface area contributed by atoms with Crippen LogP contribution in [0.25, 0.3) is 0 Å². The van der Waals surface area contributed by atoms with E-state index < -0.39 is 0 Å². The average molecular weight is 216 g/mol. The molecule has 82 valence electrons. The number of thiocarbonyl (C=S) groups is 1. The van der Waals surface area contributed by atoms with Crippen LogP contribution in [-0.4, -0.2) is 16.9 Å². The fourth-order valence-corrected chi connectivity index (χ4v) is 1.29. The Labute approximate surface area is 91.4 Å². The lowest BCUT2D eigenvalue weighted by molar-refractivity contribution is -0.121. The second-order valence-corrected chi connectivity index (χ2v) is 4.33. The SMILES string of the molecule is CCC(NC(=O)CCC(C)C)C(N)=S. The molecule has 0 aromatic heterocycles. The normalized spacial score (nSPS) is 12.6. The van der Waals surface area contributed by atoms with Gasteiger partial charge in [0.1, 0.15) is 0 Å². The van der Waals surface area contributed by atoms with E-state index in [0.29, 0.717) is 17.3 Å². The van der Waals surface area contributed by atoms with Gasteiger partial charge in [0.15, 0.2) is 0 Å². The quantitative estimate of drug-likeness (QED) is 0.663. The predicted molar refractivity (Wildman–Crippen MR) is 63.1 cm³/mol. The van der Waals surface area contributed by atoms with Crippen LogP contribution >= 0.6 is 12.2 Å². The third-order valence-electron chi connectivity index (χ3n) is 2.04. The first-order valence-corrected chi connectivity index (χ1v) is 5.46. The first-order chi connectivity index (χ1) is 6.47. The molecule has 0 spiro atoms. The summed E-state index contributed by atoms with van der Waals surface area (Å²) in [6.45, 7) is 6.14. The van der Waals surface area contributed by atoms with Gasteiger partial charge in [0, 0.05) is 6.42 Å². The lowest BCUT2D eigenvalue weighted by Crippen LogP contribution is -2.42. The van der Waals surface area contributed by atoms with Gasteiger partial charge in [0.2, 0.25) is 5.91 Å². The molecule has 0 bridgehead atoms. The maximum absolute atomic E-state index is 11.4. The molecule has 3 nitrogen and oxygen atoms in total. The third-order valence-corrected chi connectivity index (χ3v) is 2.32. The van der Waals surface area contributed by atoms with Crippen LogP contribution in [0.4, 0.5) is 0 Å². The molecule has 0 fully saturated rings. The number of nitrogens with two attached hydrogens (primary N) is 1. The van der Waals surface area contributed by atoms with Crippen molar-refractivity contribution in [2.24, 2.45) is 11.7 Å². The molecule has 0 rings (SSSR count). The highest BCUT2D eigenvalue weighted by Gasteiger charge is 2.12. The molecule has 1 unspecified atom stereocenters. The Morgan fingerprint density at radius 2 is 2.07 bits per heavy atom. The van der Waals surface area contributed by atoms with Crippen molar-refractivity contribution in [1.82, 2.24) is 5.32 Å². The Morgan fingerprint density at radius 3 is 2.43 bits per heavy atom. The minimum Gasteiger partial charge on any atom is -0.392 e. The van der Waals surface area contributed by atoms with Crippen molar-refractivity contribution in [3.05, 3.63) is 0 Å². The van der Waals surface area contributed by atoms with Crippen LogP contribution in [0.5, 0.6) is 0 Å². The summed E-state index contributed by atoms with van der Waals surface area (Å²) in [6.07, 6.45) is 2.21. The van der Waals surface area contributed by atoms with Gasteiger partial charge < -0.3 is 11.1 Å². The van der Waals surface area contributed by atoms with Gasteiger partial charge in [-0.25, -0.2) is 0 Å². The molecular weight excluding hydrogens is 196 g/mol. The average Bonchev–Trinajstić information content (AvgIpc) is 2.10. The number of amides is 1. The van der Waals surface area contributed by atoms with Gasteiger partial charge in [-0.3, -0.25) is 4.79 Å². The lowest BCUT2D eigenvalue weighted by atomic mass is 10.1. The van der Waals surface area contributed by atoms with E-state index in [0.717, 1.165) is 12.8 Å². The summed E-state index contributed by atoms with van der Waals surface area (Å²) in [5.74, 6) is 0.587. The number of carbonyl (C=O) groups is 1. The lowest BCUT2D eigenvalue weighted by Gasteiger charge is -2.15. The molecule has 0 heterocycles. The molecule has 0 radical (unpaired) electrons. The number of nitrogens with one attached hydrogen (secondary N) is 1. The van der Waals surface area contributed by atoms with Crippen LogP contribution in [-0.2, 0) is 4.79 Å². The van der Waals surface area contributed by atoms with E-state index in [-0.39, 0.29) is 11.9 Å². The summed E-state index contributed by atoms with van der Waals surface area (Å²) in [5, 5.41) is 2.82. The van der Waals surface area contributed by atoms with Crippen LogP contribution in [0, 0.1) is 5.92 Å². The zero-order valence-electron chi connectivity index (χ0n) is 9.17. The maximum Gasteiger partial charge on any atom is 0.220 e. The van der Waals surface area contributed by atoms with Crippen molar-refractivity contribution in [1.29, 1.82) is 0 Å². The topological polar surface area (TPSA) is 55.1 Å². The van der Waals surface area contributed by atoms with Gasteiger partial charge in [-0.2, -0.15) is 0 Å². The first kappa shape index (κ1) is 13.4. The standard InChI is InChI=1S/C10H20N2OS/c1-4-8(10(11)14)12-9(13)6-5-7(2)3/h7-8H,4-6H2,1-3H3,(H2,11,14)(H,12,13). The molecule has 0 saturated heterocycles. The fourth-order valence-electron chi connectivity index (χ4n) is 1.06. The minimum absolute atomic E-state index is 0.0401. The van der Waals surface area contributed by atoms with Crippen LogP contribution in [0.1, 0.15) is 40.0 Å². The van der Waals surface area contributed by atoms with Crippen LogP contribution in [0.3, 0.4) is 0 Å². The maximum atomic E-state index is 11.4. The van der Waals surface area contributed by atoms with Gasteiger partial charge >= 0.3 is 0 Å². The summed E-state index contributed by atoms with van der Waals surface area (Å²) in [6, 6.07) is -0.148. The van der Waals surface area contributed by atoms with Gasteiger partial charge in [-0.1, -0.05) is 33.0 Å². The molecule has 0 aromatic rings. The zero-order valence-corrected chi connectivity index (χ0v) is 9.99. The van der Waals surface area contributed by atoms with E-state index in [1.807, 2.05) is 6.92 Å². The molecule has 0 saturated carbocycles. The molecule has 4 heteroatoms. The van der Waals surface area contributed by atoms with Crippen molar-refractivity contribution in [2.75, 3.05) is 0 Å². The molecule has 0 aliphatic carbocycles. The van der Waals surface area contributed by atoms with Crippen LogP contribution in [0.15, 0.2) is 0 Å². The molecule has 3 N–H and O–H groups in total. The largest absolute Gasteiger partial charge is 0.392 e. The molecule has 1 amide bonds. The summed E-state index contributed by atoms with van der Waals surface area (Å²) in [5.41, 5.74) is 5.47. The number of rotatable bonds is 6. The van der Waals surface area contributed by atoms with Gasteiger partial charge in [-0.15, -0.1) is 0 Å². The van der Waals surface area contributed by atoms with Gasteiger partial charge in [0.05, 0.1) is 11.0 Å². The van der Waals surface area contributed by atoms with E-state index in [9.17, 15) is 4.79 Å². The van der Waals surface area contributed by atoms with E-state index in [1.165, 1.54) is 0 Å². The van der Waals surface area contributed by atoms with E-state index in [4.69, 9.17) is 18.0 Å². The van der Waals surface area contributed by atoms with Gasteiger partial charge in [0.25, 0.3) is 0 Å². The second-order valence-electron chi connectivity index (χ2n) is 3.86. The molecule has 14 heavy (non-hydrogen) atoms. The monoisotopic (exact) mass is 216 g/mol. The van der Waals surface area contributed by atoms with Crippen molar-refractivity contribution < 1.29 is 4.79 Å². The highest BCUT2D eigenvalue weighted by atomic mass is 32.1. The number of carbonyl (C=O) groups excluding carboxylic acids is 1. The second kappa shape index (κ2) is 6.76. The van der Waals surface area contributed by atoms with Crippen LogP contribution < -0.4 is 11.1 Å². The predicted octanol–water partition coefficient (Wildman–Crippen LogP) is 1.60. The Balaban J connectivity index is 3.85. The Kier molecular flexibility index (Phi) is 6.45. The Morgan fingerprint density at radius 1 is 1.50 bits per heavy atom. The van der Waals surface area contributed by atoms with Crippen molar-refractivity contribution >= 4 is 23.1 Å². The zero-order chi connectivity index (χ0) is 11.1. The Hall–Kier alpha value is -0.640. The third kappa shape index (κ3) is 5.91. The fraction of sp³-hybridized carbons (Fsp3) is 0.800. The Bertz CT molecular complexity index is 204. The highest BCUT2D eigenvalue weighted by Crippen LogP contribution is 2.03. The summed E-state index contributed by atoms with van der Waals surface area (Å²) in [4.78, 5) is 11.8. The van der Waals surface area contributed by atoms with E-state index in [2.05, 4.69) is 19.2 Å². The van der Waals surface area contributed by atoms with Gasteiger partial charge in [-0.05, 0) is 18.8 Å².